The Morgan fingerprint density at radius 2 is 1.22 bits per heavy atom. The zero-order valence-electron chi connectivity index (χ0n) is 13.1. The first-order chi connectivity index (χ1) is 8.33. The first-order valence-corrected chi connectivity index (χ1v) is 6.90. The van der Waals surface area contributed by atoms with Crippen LogP contribution in [0.4, 0.5) is 0 Å². The van der Waals surface area contributed by atoms with Crippen molar-refractivity contribution in [2.24, 2.45) is 0 Å². The van der Waals surface area contributed by atoms with Crippen LogP contribution in [0.15, 0.2) is 0 Å². The summed E-state index contributed by atoms with van der Waals surface area (Å²) < 4.78 is 11.7. The molecule has 0 spiro atoms. The maximum Gasteiger partial charge on any atom is 0.0649 e. The molecule has 0 unspecified atom stereocenters. The SMILES string of the molecule is CNCCOC(C)(C)CCOC(C)(C)CCNC. The Hall–Kier alpha value is -0.160. The quantitative estimate of drug-likeness (QED) is 0.556. The van der Waals surface area contributed by atoms with Gasteiger partial charge in [0.1, 0.15) is 0 Å². The van der Waals surface area contributed by atoms with Crippen molar-refractivity contribution in [2.75, 3.05) is 40.4 Å². The van der Waals surface area contributed by atoms with Crippen LogP contribution in [0.2, 0.25) is 0 Å². The van der Waals surface area contributed by atoms with Crippen molar-refractivity contribution in [1.82, 2.24) is 10.6 Å². The van der Waals surface area contributed by atoms with Crippen molar-refractivity contribution < 1.29 is 9.47 Å². The monoisotopic (exact) mass is 260 g/mol. The molecule has 0 bridgehead atoms. The van der Waals surface area contributed by atoms with Crippen molar-refractivity contribution in [1.29, 1.82) is 0 Å². The highest BCUT2D eigenvalue weighted by molar-refractivity contribution is 4.73. The van der Waals surface area contributed by atoms with E-state index < -0.39 is 0 Å². The molecule has 18 heavy (non-hydrogen) atoms. The molecule has 110 valence electrons. The molecule has 0 radical (unpaired) electrons. The van der Waals surface area contributed by atoms with E-state index in [1.165, 1.54) is 0 Å². The largest absolute Gasteiger partial charge is 0.375 e. The van der Waals surface area contributed by atoms with Gasteiger partial charge in [0.05, 0.1) is 24.4 Å². The van der Waals surface area contributed by atoms with Crippen LogP contribution in [-0.4, -0.2) is 51.6 Å². The number of hydrogen-bond acceptors (Lipinski definition) is 4. The van der Waals surface area contributed by atoms with Crippen molar-refractivity contribution >= 4 is 0 Å². The van der Waals surface area contributed by atoms with E-state index >= 15 is 0 Å². The Bertz CT molecular complexity index is 206. The van der Waals surface area contributed by atoms with Gasteiger partial charge < -0.3 is 20.1 Å². The molecule has 0 aromatic carbocycles. The molecular weight excluding hydrogens is 228 g/mol. The lowest BCUT2D eigenvalue weighted by Crippen LogP contribution is -2.33. The second-order valence-electron chi connectivity index (χ2n) is 5.92. The summed E-state index contributed by atoms with van der Waals surface area (Å²) in [5.41, 5.74) is -0.181. The average Bonchev–Trinajstić information content (AvgIpc) is 2.26. The topological polar surface area (TPSA) is 42.5 Å². The summed E-state index contributed by atoms with van der Waals surface area (Å²) in [6.45, 7) is 11.9. The van der Waals surface area contributed by atoms with Crippen LogP contribution < -0.4 is 10.6 Å². The van der Waals surface area contributed by atoms with Gasteiger partial charge in [-0.25, -0.2) is 0 Å². The first-order valence-electron chi connectivity index (χ1n) is 6.90. The Balaban J connectivity index is 3.79. The summed E-state index contributed by atoms with van der Waals surface area (Å²) in [4.78, 5) is 0. The molecule has 4 heteroatoms. The minimum atomic E-state index is -0.115. The van der Waals surface area contributed by atoms with Crippen LogP contribution in [0.5, 0.6) is 0 Å². The molecule has 0 aliphatic carbocycles. The predicted molar refractivity (Wildman–Crippen MR) is 77.1 cm³/mol. The normalized spacial score (nSPS) is 13.0. The van der Waals surface area contributed by atoms with Gasteiger partial charge in [0.2, 0.25) is 0 Å². The van der Waals surface area contributed by atoms with Crippen LogP contribution in [0.3, 0.4) is 0 Å². The third-order valence-electron chi connectivity index (χ3n) is 3.02. The number of likely N-dealkylation sites (N-methyl/N-ethyl adjacent to an activating group) is 1. The molecular formula is C14H32N2O2. The van der Waals surface area contributed by atoms with Crippen molar-refractivity contribution in [2.45, 2.75) is 51.7 Å². The minimum absolute atomic E-state index is 0.0654. The fourth-order valence-corrected chi connectivity index (χ4v) is 1.57. The maximum absolute atomic E-state index is 5.94. The van der Waals surface area contributed by atoms with Gasteiger partial charge in [-0.05, 0) is 61.2 Å². The highest BCUT2D eigenvalue weighted by Gasteiger charge is 2.22. The van der Waals surface area contributed by atoms with Gasteiger partial charge in [-0.2, -0.15) is 0 Å². The van der Waals surface area contributed by atoms with Crippen molar-refractivity contribution in [3.8, 4) is 0 Å². The van der Waals surface area contributed by atoms with Crippen LogP contribution >= 0.6 is 0 Å². The van der Waals surface area contributed by atoms with E-state index in [4.69, 9.17) is 9.47 Å². The van der Waals surface area contributed by atoms with E-state index in [9.17, 15) is 0 Å². The Kier molecular flexibility index (Phi) is 8.78. The summed E-state index contributed by atoms with van der Waals surface area (Å²) in [5, 5.41) is 6.23. The van der Waals surface area contributed by atoms with Gasteiger partial charge >= 0.3 is 0 Å². The average molecular weight is 260 g/mol. The molecule has 0 atom stereocenters. The van der Waals surface area contributed by atoms with E-state index in [0.29, 0.717) is 0 Å². The smallest absolute Gasteiger partial charge is 0.0649 e. The third-order valence-corrected chi connectivity index (χ3v) is 3.02. The molecule has 2 N–H and O–H groups in total. The highest BCUT2D eigenvalue weighted by Crippen LogP contribution is 2.18. The Labute approximate surface area is 113 Å². The van der Waals surface area contributed by atoms with Crippen LogP contribution in [0.25, 0.3) is 0 Å². The number of rotatable bonds is 11. The van der Waals surface area contributed by atoms with Crippen molar-refractivity contribution in [3.63, 3.8) is 0 Å². The fraction of sp³-hybridized carbons (Fsp3) is 1.00. The van der Waals surface area contributed by atoms with Gasteiger partial charge in [0.25, 0.3) is 0 Å². The molecule has 0 saturated heterocycles. The van der Waals surface area contributed by atoms with E-state index in [1.807, 2.05) is 14.1 Å². The van der Waals surface area contributed by atoms with Gasteiger partial charge in [-0.15, -0.1) is 0 Å². The summed E-state index contributed by atoms with van der Waals surface area (Å²) in [7, 11) is 3.90. The number of nitrogens with one attached hydrogen (secondary N) is 2. The van der Waals surface area contributed by atoms with Gasteiger partial charge in [-0.3, -0.25) is 0 Å². The summed E-state index contributed by atoms with van der Waals surface area (Å²) in [6.07, 6.45) is 1.93. The third kappa shape index (κ3) is 9.83. The number of ether oxygens (including phenoxy) is 2. The molecule has 0 rings (SSSR count). The Morgan fingerprint density at radius 3 is 1.78 bits per heavy atom. The van der Waals surface area contributed by atoms with Crippen LogP contribution in [0.1, 0.15) is 40.5 Å². The highest BCUT2D eigenvalue weighted by atomic mass is 16.5. The molecule has 0 saturated carbocycles. The van der Waals surface area contributed by atoms with Crippen LogP contribution in [0, 0.1) is 0 Å². The molecule has 0 fully saturated rings. The van der Waals surface area contributed by atoms with E-state index in [0.717, 1.165) is 39.1 Å². The van der Waals surface area contributed by atoms with E-state index in [2.05, 4.69) is 38.3 Å². The van der Waals surface area contributed by atoms with E-state index in [-0.39, 0.29) is 11.2 Å². The molecule has 0 aromatic heterocycles. The zero-order chi connectivity index (χ0) is 14.1. The zero-order valence-corrected chi connectivity index (χ0v) is 13.1. The number of hydrogen-bond donors (Lipinski definition) is 2. The lowest BCUT2D eigenvalue weighted by atomic mass is 10.0. The van der Waals surface area contributed by atoms with E-state index in [1.54, 1.807) is 0 Å². The molecule has 4 nitrogen and oxygen atoms in total. The van der Waals surface area contributed by atoms with Gasteiger partial charge in [-0.1, -0.05) is 0 Å². The minimum Gasteiger partial charge on any atom is -0.375 e. The van der Waals surface area contributed by atoms with Crippen LogP contribution in [-0.2, 0) is 9.47 Å². The van der Waals surface area contributed by atoms with Crippen molar-refractivity contribution in [3.05, 3.63) is 0 Å². The summed E-state index contributed by atoms with van der Waals surface area (Å²) >= 11 is 0. The molecule has 0 amide bonds. The fourth-order valence-electron chi connectivity index (χ4n) is 1.57. The second-order valence-corrected chi connectivity index (χ2v) is 5.92. The first kappa shape index (κ1) is 17.8. The Morgan fingerprint density at radius 1 is 0.722 bits per heavy atom. The summed E-state index contributed by atoms with van der Waals surface area (Å²) in [6, 6.07) is 0. The van der Waals surface area contributed by atoms with Gasteiger partial charge in [0.15, 0.2) is 0 Å². The second kappa shape index (κ2) is 8.86. The molecule has 0 heterocycles. The predicted octanol–water partition coefficient (Wildman–Crippen LogP) is 1.80. The lowest BCUT2D eigenvalue weighted by molar-refractivity contribution is -0.0728. The molecule has 0 aromatic rings. The standard InChI is InChI=1S/C14H32N2O2/c1-13(2,7-9-15-5)17-11-8-14(3,4)18-12-10-16-6/h15-16H,7-12H2,1-6H3. The maximum atomic E-state index is 5.94. The van der Waals surface area contributed by atoms with Gasteiger partial charge in [0, 0.05) is 6.54 Å². The summed E-state index contributed by atoms with van der Waals surface area (Å²) in [5.74, 6) is 0. The molecule has 0 aliphatic rings. The lowest BCUT2D eigenvalue weighted by Gasteiger charge is -2.29. The molecule has 0 aliphatic heterocycles.